The molecule has 1 heterocycles. The molecule has 2 rings (SSSR count). The third kappa shape index (κ3) is 2.78. The minimum atomic E-state index is 0.592. The summed E-state index contributed by atoms with van der Waals surface area (Å²) in [6.45, 7) is 2.52. The lowest BCUT2D eigenvalue weighted by Gasteiger charge is -2.09. The number of rotatable bonds is 4. The van der Waals surface area contributed by atoms with Crippen molar-refractivity contribution in [3.63, 3.8) is 0 Å². The quantitative estimate of drug-likeness (QED) is 0.764. The molecule has 1 saturated heterocycles. The first-order chi connectivity index (χ1) is 7.40. The summed E-state index contributed by atoms with van der Waals surface area (Å²) in [6, 6.07) is 8.65. The van der Waals surface area contributed by atoms with Gasteiger partial charge in [0.15, 0.2) is 0 Å². The molecule has 1 aliphatic heterocycles. The standard InChI is InChI=1S/C12H17NO2/c1-14-13-8-10-2-4-11(5-3-10)12-6-7-15-9-12/h2-5,12-13H,6-9H2,1H3. The zero-order valence-corrected chi connectivity index (χ0v) is 9.03. The van der Waals surface area contributed by atoms with Crippen LogP contribution in [0.5, 0.6) is 0 Å². The number of hydrogen-bond donors (Lipinski definition) is 1. The monoisotopic (exact) mass is 207 g/mol. The number of nitrogens with one attached hydrogen (secondary N) is 1. The van der Waals surface area contributed by atoms with Crippen molar-refractivity contribution in [3.05, 3.63) is 35.4 Å². The second-order valence-electron chi connectivity index (χ2n) is 3.83. The van der Waals surface area contributed by atoms with Crippen molar-refractivity contribution in [3.8, 4) is 0 Å². The van der Waals surface area contributed by atoms with Crippen LogP contribution >= 0.6 is 0 Å². The molecule has 0 bridgehead atoms. The van der Waals surface area contributed by atoms with Gasteiger partial charge in [-0.15, -0.1) is 0 Å². The molecule has 1 aromatic rings. The van der Waals surface area contributed by atoms with E-state index in [-0.39, 0.29) is 0 Å². The van der Waals surface area contributed by atoms with Crippen molar-refractivity contribution >= 4 is 0 Å². The van der Waals surface area contributed by atoms with Crippen LogP contribution in [0.1, 0.15) is 23.5 Å². The topological polar surface area (TPSA) is 30.5 Å². The van der Waals surface area contributed by atoms with E-state index in [0.717, 1.165) is 26.2 Å². The maximum atomic E-state index is 5.37. The Kier molecular flexibility index (Phi) is 3.72. The molecule has 1 N–H and O–H groups in total. The first kappa shape index (κ1) is 10.6. The van der Waals surface area contributed by atoms with Crippen molar-refractivity contribution in [1.82, 2.24) is 5.48 Å². The lowest BCUT2D eigenvalue weighted by atomic mass is 9.97. The zero-order chi connectivity index (χ0) is 10.5. The number of benzene rings is 1. The molecular weight excluding hydrogens is 190 g/mol. The average molecular weight is 207 g/mol. The predicted molar refractivity (Wildman–Crippen MR) is 58.5 cm³/mol. The highest BCUT2D eigenvalue weighted by Gasteiger charge is 2.17. The molecule has 1 aliphatic rings. The van der Waals surface area contributed by atoms with E-state index in [1.165, 1.54) is 11.1 Å². The molecule has 15 heavy (non-hydrogen) atoms. The Bertz CT molecular complexity index is 291. The predicted octanol–water partition coefficient (Wildman–Crippen LogP) is 1.84. The summed E-state index contributed by atoms with van der Waals surface area (Å²) in [7, 11) is 1.63. The van der Waals surface area contributed by atoms with Gasteiger partial charge in [-0.2, -0.15) is 5.48 Å². The molecule has 0 radical (unpaired) electrons. The molecule has 3 heteroatoms. The Labute approximate surface area is 90.3 Å². The van der Waals surface area contributed by atoms with Crippen molar-refractivity contribution in [1.29, 1.82) is 0 Å². The molecule has 1 unspecified atom stereocenters. The number of hydroxylamine groups is 1. The fourth-order valence-electron chi connectivity index (χ4n) is 1.86. The molecule has 0 aromatic heterocycles. The maximum absolute atomic E-state index is 5.37. The smallest absolute Gasteiger partial charge is 0.0572 e. The highest BCUT2D eigenvalue weighted by atomic mass is 16.6. The minimum absolute atomic E-state index is 0.592. The molecule has 0 spiro atoms. The van der Waals surface area contributed by atoms with Crippen LogP contribution in [0, 0.1) is 0 Å². The third-order valence-corrected chi connectivity index (χ3v) is 2.80. The van der Waals surface area contributed by atoms with Gasteiger partial charge in [-0.3, -0.25) is 0 Å². The number of ether oxygens (including phenoxy) is 1. The second-order valence-corrected chi connectivity index (χ2v) is 3.83. The van der Waals surface area contributed by atoms with Gasteiger partial charge in [-0.1, -0.05) is 24.3 Å². The first-order valence-electron chi connectivity index (χ1n) is 5.32. The van der Waals surface area contributed by atoms with Crippen molar-refractivity contribution in [2.24, 2.45) is 0 Å². The van der Waals surface area contributed by atoms with Gasteiger partial charge in [-0.05, 0) is 17.5 Å². The SMILES string of the molecule is CONCc1ccc(C2CCOC2)cc1. The fourth-order valence-corrected chi connectivity index (χ4v) is 1.86. The Balaban J connectivity index is 1.96. The fraction of sp³-hybridized carbons (Fsp3) is 0.500. The molecular formula is C12H17NO2. The Morgan fingerprint density at radius 3 is 2.80 bits per heavy atom. The molecule has 3 nitrogen and oxygen atoms in total. The van der Waals surface area contributed by atoms with Gasteiger partial charge < -0.3 is 9.57 Å². The van der Waals surface area contributed by atoms with Crippen LogP contribution in [0.3, 0.4) is 0 Å². The molecule has 82 valence electrons. The van der Waals surface area contributed by atoms with E-state index in [2.05, 4.69) is 29.7 Å². The van der Waals surface area contributed by atoms with Crippen molar-refractivity contribution in [2.45, 2.75) is 18.9 Å². The summed E-state index contributed by atoms with van der Waals surface area (Å²) >= 11 is 0. The molecule has 0 saturated carbocycles. The van der Waals surface area contributed by atoms with Gasteiger partial charge in [0, 0.05) is 19.1 Å². The first-order valence-corrected chi connectivity index (χ1v) is 5.32. The van der Waals surface area contributed by atoms with E-state index in [1.54, 1.807) is 7.11 Å². The average Bonchev–Trinajstić information content (AvgIpc) is 2.80. The molecule has 0 amide bonds. The van der Waals surface area contributed by atoms with Crippen LogP contribution in [0.4, 0.5) is 0 Å². The number of hydrogen-bond acceptors (Lipinski definition) is 3. The van der Waals surface area contributed by atoms with Gasteiger partial charge in [0.25, 0.3) is 0 Å². The Morgan fingerprint density at radius 1 is 1.40 bits per heavy atom. The van der Waals surface area contributed by atoms with E-state index in [9.17, 15) is 0 Å². The van der Waals surface area contributed by atoms with Gasteiger partial charge in [0.1, 0.15) is 0 Å². The van der Waals surface area contributed by atoms with E-state index < -0.39 is 0 Å². The van der Waals surface area contributed by atoms with Crippen LogP contribution in [-0.2, 0) is 16.1 Å². The molecule has 1 fully saturated rings. The summed E-state index contributed by atoms with van der Waals surface area (Å²) in [4.78, 5) is 4.81. The molecule has 1 atom stereocenters. The highest BCUT2D eigenvalue weighted by molar-refractivity contribution is 5.25. The lowest BCUT2D eigenvalue weighted by Crippen LogP contribution is -2.10. The van der Waals surface area contributed by atoms with Crippen LogP contribution in [0.2, 0.25) is 0 Å². The highest BCUT2D eigenvalue weighted by Crippen LogP contribution is 2.25. The maximum Gasteiger partial charge on any atom is 0.0572 e. The minimum Gasteiger partial charge on any atom is -0.381 e. The van der Waals surface area contributed by atoms with Gasteiger partial charge in [0.2, 0.25) is 0 Å². The summed E-state index contributed by atoms with van der Waals surface area (Å²) in [5, 5.41) is 0. The van der Waals surface area contributed by atoms with Crippen molar-refractivity contribution in [2.75, 3.05) is 20.3 Å². The van der Waals surface area contributed by atoms with Crippen LogP contribution in [0.25, 0.3) is 0 Å². The Morgan fingerprint density at radius 2 is 2.20 bits per heavy atom. The molecule has 0 aliphatic carbocycles. The van der Waals surface area contributed by atoms with Gasteiger partial charge >= 0.3 is 0 Å². The normalized spacial score (nSPS) is 20.7. The van der Waals surface area contributed by atoms with Crippen LogP contribution in [-0.4, -0.2) is 20.3 Å². The van der Waals surface area contributed by atoms with Gasteiger partial charge in [0.05, 0.1) is 13.7 Å². The van der Waals surface area contributed by atoms with Crippen molar-refractivity contribution < 1.29 is 9.57 Å². The van der Waals surface area contributed by atoms with E-state index in [4.69, 9.17) is 9.57 Å². The second kappa shape index (κ2) is 5.26. The van der Waals surface area contributed by atoms with Gasteiger partial charge in [-0.25, -0.2) is 0 Å². The summed E-state index contributed by atoms with van der Waals surface area (Å²) in [5.41, 5.74) is 5.45. The van der Waals surface area contributed by atoms with E-state index >= 15 is 0 Å². The van der Waals surface area contributed by atoms with E-state index in [0.29, 0.717) is 5.92 Å². The zero-order valence-electron chi connectivity index (χ0n) is 9.03. The van der Waals surface area contributed by atoms with Crippen LogP contribution < -0.4 is 5.48 Å². The lowest BCUT2D eigenvalue weighted by molar-refractivity contribution is 0.0867. The Hall–Kier alpha value is -0.900. The summed E-state index contributed by atoms with van der Waals surface area (Å²) in [5.74, 6) is 0.592. The molecule has 1 aromatic carbocycles. The third-order valence-electron chi connectivity index (χ3n) is 2.80. The largest absolute Gasteiger partial charge is 0.381 e. The van der Waals surface area contributed by atoms with E-state index in [1.807, 2.05) is 0 Å². The summed E-state index contributed by atoms with van der Waals surface area (Å²) < 4.78 is 5.37. The summed E-state index contributed by atoms with van der Waals surface area (Å²) in [6.07, 6.45) is 1.15. The van der Waals surface area contributed by atoms with Crippen LogP contribution in [0.15, 0.2) is 24.3 Å².